The summed E-state index contributed by atoms with van der Waals surface area (Å²) in [5.41, 5.74) is 2.61. The number of rotatable bonds is 6. The molecule has 2 aromatic rings. The van der Waals surface area contributed by atoms with Crippen LogP contribution in [0.1, 0.15) is 31.7 Å². The minimum absolute atomic E-state index is 0. The standard InChI is InChI=1S/C17H24N4.HI/c1-2-18-17(21-14-9-10-14)19-11-5-6-13-12-20-16-8-4-3-7-15(13)16;/h3-4,7-8,12,14,20H,2,5-6,9-11H2,1H3,(H2,18,19,21);1H. The summed E-state index contributed by atoms with van der Waals surface area (Å²) >= 11 is 0. The fourth-order valence-electron chi connectivity index (χ4n) is 2.54. The Morgan fingerprint density at radius 1 is 1.32 bits per heavy atom. The van der Waals surface area contributed by atoms with E-state index >= 15 is 0 Å². The first kappa shape index (κ1) is 17.1. The normalized spacial score (nSPS) is 14.7. The molecule has 5 heteroatoms. The van der Waals surface area contributed by atoms with E-state index in [9.17, 15) is 0 Å². The van der Waals surface area contributed by atoms with Gasteiger partial charge in [0.2, 0.25) is 0 Å². The predicted octanol–water partition coefficient (Wildman–Crippen LogP) is 3.44. The van der Waals surface area contributed by atoms with Gasteiger partial charge >= 0.3 is 0 Å². The van der Waals surface area contributed by atoms with E-state index in [2.05, 4.69) is 58.0 Å². The molecule has 1 saturated carbocycles. The van der Waals surface area contributed by atoms with Crippen molar-refractivity contribution in [3.63, 3.8) is 0 Å². The summed E-state index contributed by atoms with van der Waals surface area (Å²) in [6.45, 7) is 3.89. The quantitative estimate of drug-likeness (QED) is 0.295. The van der Waals surface area contributed by atoms with Gasteiger partial charge in [0.15, 0.2) is 5.96 Å². The number of aromatic amines is 1. The summed E-state index contributed by atoms with van der Waals surface area (Å²) in [4.78, 5) is 7.99. The molecule has 0 bridgehead atoms. The van der Waals surface area contributed by atoms with Crippen molar-refractivity contribution >= 4 is 40.8 Å². The van der Waals surface area contributed by atoms with Crippen LogP contribution in [0.5, 0.6) is 0 Å². The molecule has 1 aliphatic rings. The first-order valence-electron chi connectivity index (χ1n) is 7.96. The maximum atomic E-state index is 4.66. The zero-order chi connectivity index (χ0) is 14.5. The van der Waals surface area contributed by atoms with E-state index in [0.717, 1.165) is 31.9 Å². The van der Waals surface area contributed by atoms with Gasteiger partial charge in [0.1, 0.15) is 0 Å². The minimum Gasteiger partial charge on any atom is -0.361 e. The zero-order valence-corrected chi connectivity index (χ0v) is 15.4. The van der Waals surface area contributed by atoms with Gasteiger partial charge < -0.3 is 15.6 Å². The summed E-state index contributed by atoms with van der Waals surface area (Å²) in [6, 6.07) is 9.12. The highest BCUT2D eigenvalue weighted by Gasteiger charge is 2.21. The second kappa shape index (κ2) is 8.41. The second-order valence-corrected chi connectivity index (χ2v) is 5.64. The van der Waals surface area contributed by atoms with Crippen molar-refractivity contribution in [1.82, 2.24) is 15.6 Å². The predicted molar refractivity (Wildman–Crippen MR) is 104 cm³/mol. The van der Waals surface area contributed by atoms with Crippen LogP contribution >= 0.6 is 24.0 Å². The van der Waals surface area contributed by atoms with Gasteiger partial charge in [0.05, 0.1) is 0 Å². The highest BCUT2D eigenvalue weighted by molar-refractivity contribution is 14.0. The van der Waals surface area contributed by atoms with Crippen LogP contribution in [0.2, 0.25) is 0 Å². The molecule has 3 N–H and O–H groups in total. The Morgan fingerprint density at radius 2 is 2.14 bits per heavy atom. The van der Waals surface area contributed by atoms with E-state index in [-0.39, 0.29) is 24.0 Å². The van der Waals surface area contributed by atoms with Gasteiger partial charge in [-0.3, -0.25) is 4.99 Å². The Bertz CT molecular complexity index is 616. The third-order valence-corrected chi connectivity index (χ3v) is 3.81. The van der Waals surface area contributed by atoms with Gasteiger partial charge in [0.25, 0.3) is 0 Å². The SMILES string of the molecule is CCNC(=NCCCc1c[nH]c2ccccc12)NC1CC1.I. The molecule has 1 aromatic heterocycles. The summed E-state index contributed by atoms with van der Waals surface area (Å²) < 4.78 is 0. The molecule has 4 nitrogen and oxygen atoms in total. The molecule has 0 atom stereocenters. The van der Waals surface area contributed by atoms with E-state index in [1.165, 1.54) is 29.3 Å². The average molecular weight is 412 g/mol. The minimum atomic E-state index is 0. The molecular formula is C17H25IN4. The number of benzene rings is 1. The molecule has 22 heavy (non-hydrogen) atoms. The average Bonchev–Trinajstić information content (AvgIpc) is 3.22. The Kier molecular flexibility index (Phi) is 6.54. The Hall–Kier alpha value is -1.24. The molecule has 0 radical (unpaired) electrons. The number of aryl methyl sites for hydroxylation is 1. The van der Waals surface area contributed by atoms with Gasteiger partial charge in [-0.25, -0.2) is 0 Å². The number of fused-ring (bicyclic) bond motifs is 1. The lowest BCUT2D eigenvalue weighted by Crippen LogP contribution is -2.38. The molecule has 0 amide bonds. The molecule has 0 spiro atoms. The maximum absolute atomic E-state index is 4.66. The van der Waals surface area contributed by atoms with Crippen LogP contribution in [-0.4, -0.2) is 30.1 Å². The highest BCUT2D eigenvalue weighted by Crippen LogP contribution is 2.19. The summed E-state index contributed by atoms with van der Waals surface area (Å²) in [5, 5.41) is 8.10. The number of aliphatic imine (C=N–C) groups is 1. The third-order valence-electron chi connectivity index (χ3n) is 3.81. The molecule has 1 heterocycles. The van der Waals surface area contributed by atoms with Crippen LogP contribution in [0.3, 0.4) is 0 Å². The van der Waals surface area contributed by atoms with Crippen LogP contribution in [0.25, 0.3) is 10.9 Å². The Balaban J connectivity index is 0.00000176. The highest BCUT2D eigenvalue weighted by atomic mass is 127. The van der Waals surface area contributed by atoms with Gasteiger partial charge in [-0.05, 0) is 44.2 Å². The number of nitrogens with one attached hydrogen (secondary N) is 3. The molecule has 1 aliphatic carbocycles. The lowest BCUT2D eigenvalue weighted by molar-refractivity contribution is 0.784. The largest absolute Gasteiger partial charge is 0.361 e. The number of aromatic nitrogens is 1. The van der Waals surface area contributed by atoms with Crippen molar-refractivity contribution in [1.29, 1.82) is 0 Å². The molecule has 0 unspecified atom stereocenters. The first-order valence-corrected chi connectivity index (χ1v) is 7.96. The number of halogens is 1. The van der Waals surface area contributed by atoms with Crippen molar-refractivity contribution in [2.45, 2.75) is 38.6 Å². The van der Waals surface area contributed by atoms with Crippen molar-refractivity contribution in [3.05, 3.63) is 36.0 Å². The number of hydrogen-bond donors (Lipinski definition) is 3. The lowest BCUT2D eigenvalue weighted by atomic mass is 10.1. The van der Waals surface area contributed by atoms with Crippen molar-refractivity contribution in [2.24, 2.45) is 4.99 Å². The number of nitrogens with zero attached hydrogens (tertiary/aromatic N) is 1. The van der Waals surface area contributed by atoms with Crippen molar-refractivity contribution in [3.8, 4) is 0 Å². The van der Waals surface area contributed by atoms with Gasteiger partial charge in [-0.15, -0.1) is 24.0 Å². The van der Waals surface area contributed by atoms with Crippen LogP contribution < -0.4 is 10.6 Å². The maximum Gasteiger partial charge on any atom is 0.191 e. The van der Waals surface area contributed by atoms with Gasteiger partial charge in [-0.2, -0.15) is 0 Å². The van der Waals surface area contributed by atoms with E-state index in [0.29, 0.717) is 6.04 Å². The molecule has 120 valence electrons. The number of hydrogen-bond acceptors (Lipinski definition) is 1. The molecule has 0 aliphatic heterocycles. The molecule has 1 fully saturated rings. The smallest absolute Gasteiger partial charge is 0.191 e. The van der Waals surface area contributed by atoms with Crippen molar-refractivity contribution in [2.75, 3.05) is 13.1 Å². The van der Waals surface area contributed by atoms with Crippen LogP contribution in [0, 0.1) is 0 Å². The van der Waals surface area contributed by atoms with E-state index in [4.69, 9.17) is 0 Å². The van der Waals surface area contributed by atoms with Crippen LogP contribution in [-0.2, 0) is 6.42 Å². The second-order valence-electron chi connectivity index (χ2n) is 5.64. The summed E-state index contributed by atoms with van der Waals surface area (Å²) in [5.74, 6) is 0.971. The summed E-state index contributed by atoms with van der Waals surface area (Å²) in [7, 11) is 0. The van der Waals surface area contributed by atoms with Crippen LogP contribution in [0.15, 0.2) is 35.5 Å². The van der Waals surface area contributed by atoms with E-state index in [1.807, 2.05) is 0 Å². The van der Waals surface area contributed by atoms with E-state index in [1.54, 1.807) is 0 Å². The van der Waals surface area contributed by atoms with E-state index < -0.39 is 0 Å². The lowest BCUT2D eigenvalue weighted by Gasteiger charge is -2.09. The number of para-hydroxylation sites is 1. The number of guanidine groups is 1. The molecule has 0 saturated heterocycles. The topological polar surface area (TPSA) is 52.2 Å². The monoisotopic (exact) mass is 412 g/mol. The van der Waals surface area contributed by atoms with Crippen LogP contribution in [0.4, 0.5) is 0 Å². The zero-order valence-electron chi connectivity index (χ0n) is 13.1. The molecule has 1 aromatic carbocycles. The third kappa shape index (κ3) is 4.63. The molecule has 3 rings (SSSR count). The first-order chi connectivity index (χ1) is 10.4. The number of H-pyrrole nitrogens is 1. The van der Waals surface area contributed by atoms with Crippen molar-refractivity contribution < 1.29 is 0 Å². The fourth-order valence-corrected chi connectivity index (χ4v) is 2.54. The molecular weight excluding hydrogens is 387 g/mol. The summed E-state index contributed by atoms with van der Waals surface area (Å²) in [6.07, 6.45) is 6.82. The Morgan fingerprint density at radius 3 is 2.91 bits per heavy atom. The fraction of sp³-hybridized carbons (Fsp3) is 0.471. The van der Waals surface area contributed by atoms with Gasteiger partial charge in [-0.1, -0.05) is 18.2 Å². The van der Waals surface area contributed by atoms with Gasteiger partial charge in [0, 0.05) is 36.2 Å². The Labute approximate surface area is 149 Å².